The second kappa shape index (κ2) is 10.3. The van der Waals surface area contributed by atoms with E-state index in [2.05, 4.69) is 55.1 Å². The van der Waals surface area contributed by atoms with E-state index in [4.69, 9.17) is 9.16 Å². The molecule has 0 spiro atoms. The second-order valence-corrected chi connectivity index (χ2v) is 17.0. The first-order valence-electron chi connectivity index (χ1n) is 12.4. The average molecular weight is 551 g/mol. The standard InChI is InChI=1S/C27H40BrNO4Si/c1-18-17-23(30)29-27(18,25(31)32-19(2)21-15-11-12-16-22(21)28)24(20-13-9-8-10-14-20)33-34(6,7)26(3,4)5/h11-12,15-17,19-20,24H,8-10,13-14H2,1-7H3,(H,29,30)/t19-,24+,27+/m1/s1. The van der Waals surface area contributed by atoms with E-state index in [0.717, 1.165) is 35.7 Å². The zero-order chi connectivity index (χ0) is 25.3. The molecule has 0 aromatic heterocycles. The van der Waals surface area contributed by atoms with E-state index in [1.165, 1.54) is 12.5 Å². The first-order valence-corrected chi connectivity index (χ1v) is 16.1. The fourth-order valence-corrected chi connectivity index (χ4v) is 6.82. The average Bonchev–Trinajstić information content (AvgIpc) is 3.06. The molecule has 0 saturated heterocycles. The normalized spacial score (nSPS) is 23.8. The van der Waals surface area contributed by atoms with Gasteiger partial charge in [-0.15, -0.1) is 0 Å². The van der Waals surface area contributed by atoms with Gasteiger partial charge in [0.1, 0.15) is 6.10 Å². The van der Waals surface area contributed by atoms with Crippen LogP contribution < -0.4 is 5.32 Å². The van der Waals surface area contributed by atoms with Crippen LogP contribution in [0.4, 0.5) is 0 Å². The Hall–Kier alpha value is -1.44. The monoisotopic (exact) mass is 549 g/mol. The summed E-state index contributed by atoms with van der Waals surface area (Å²) in [5.74, 6) is -0.525. The van der Waals surface area contributed by atoms with E-state index in [-0.39, 0.29) is 16.9 Å². The number of halogens is 1. The van der Waals surface area contributed by atoms with Crippen molar-refractivity contribution in [1.82, 2.24) is 5.32 Å². The van der Waals surface area contributed by atoms with Gasteiger partial charge >= 0.3 is 5.97 Å². The maximum absolute atomic E-state index is 14.1. The van der Waals surface area contributed by atoms with Crippen LogP contribution in [0.3, 0.4) is 0 Å². The molecule has 3 atom stereocenters. The van der Waals surface area contributed by atoms with Crippen molar-refractivity contribution in [3.05, 3.63) is 46.0 Å². The van der Waals surface area contributed by atoms with Gasteiger partial charge in [0.2, 0.25) is 5.91 Å². The molecule has 3 rings (SSSR count). The number of hydrogen-bond donors (Lipinski definition) is 1. The van der Waals surface area contributed by atoms with Crippen molar-refractivity contribution in [3.8, 4) is 0 Å². The van der Waals surface area contributed by atoms with Crippen LogP contribution >= 0.6 is 15.9 Å². The Bertz CT molecular complexity index is 948. The van der Waals surface area contributed by atoms with Crippen molar-refractivity contribution >= 4 is 36.1 Å². The first-order chi connectivity index (χ1) is 15.8. The molecule has 0 bridgehead atoms. The molecule has 1 heterocycles. The first kappa shape index (κ1) is 27.1. The highest BCUT2D eigenvalue weighted by molar-refractivity contribution is 9.10. The number of esters is 1. The molecule has 1 N–H and O–H groups in total. The van der Waals surface area contributed by atoms with Crippen LogP contribution in [0.5, 0.6) is 0 Å². The van der Waals surface area contributed by atoms with Crippen LogP contribution in [-0.4, -0.2) is 31.8 Å². The highest BCUT2D eigenvalue weighted by Gasteiger charge is 2.58. The third kappa shape index (κ3) is 5.36. The number of carbonyl (C=O) groups is 2. The van der Waals surface area contributed by atoms with Crippen LogP contribution in [-0.2, 0) is 18.8 Å². The lowest BCUT2D eigenvalue weighted by molar-refractivity contribution is -0.162. The SMILES string of the molecule is CC1=CC(=O)N[C@]1(C(=O)O[C@H](C)c1ccccc1Br)[C@@H](O[Si](C)(C)C(C)(C)C)C1CCCCC1. The predicted octanol–water partition coefficient (Wildman–Crippen LogP) is 6.84. The molecule has 1 aromatic rings. The molecule has 34 heavy (non-hydrogen) atoms. The van der Waals surface area contributed by atoms with Crippen molar-refractivity contribution < 1.29 is 18.8 Å². The molecule has 1 aliphatic heterocycles. The topological polar surface area (TPSA) is 64.6 Å². The molecule has 0 radical (unpaired) electrons. The number of amides is 1. The van der Waals surface area contributed by atoms with E-state index >= 15 is 0 Å². The van der Waals surface area contributed by atoms with Crippen molar-refractivity contribution in [2.75, 3.05) is 0 Å². The molecule has 1 saturated carbocycles. The number of rotatable bonds is 7. The van der Waals surface area contributed by atoms with Gasteiger partial charge in [-0.2, -0.15) is 0 Å². The van der Waals surface area contributed by atoms with Gasteiger partial charge < -0.3 is 14.5 Å². The lowest BCUT2D eigenvalue weighted by Gasteiger charge is -2.48. The third-order valence-corrected chi connectivity index (χ3v) is 13.1. The summed E-state index contributed by atoms with van der Waals surface area (Å²) < 4.78 is 14.0. The molecule has 188 valence electrons. The van der Waals surface area contributed by atoms with E-state index in [0.29, 0.717) is 5.57 Å². The smallest absolute Gasteiger partial charge is 0.339 e. The molecule has 0 unspecified atom stereocenters. The van der Waals surface area contributed by atoms with Crippen molar-refractivity contribution in [2.24, 2.45) is 5.92 Å². The lowest BCUT2D eigenvalue weighted by Crippen LogP contribution is -2.66. The van der Waals surface area contributed by atoms with Gasteiger partial charge in [0.25, 0.3) is 0 Å². The Morgan fingerprint density at radius 1 is 1.18 bits per heavy atom. The molecule has 1 fully saturated rings. The highest BCUT2D eigenvalue weighted by atomic mass is 79.9. The van der Waals surface area contributed by atoms with Gasteiger partial charge in [0.15, 0.2) is 13.9 Å². The minimum Gasteiger partial charge on any atom is -0.456 e. The van der Waals surface area contributed by atoms with Crippen molar-refractivity contribution in [2.45, 2.75) is 103 Å². The van der Waals surface area contributed by atoms with Crippen molar-refractivity contribution in [3.63, 3.8) is 0 Å². The van der Waals surface area contributed by atoms with E-state index in [1.54, 1.807) is 0 Å². The molecule has 1 aliphatic carbocycles. The van der Waals surface area contributed by atoms with Crippen LogP contribution in [0, 0.1) is 5.92 Å². The Balaban J connectivity index is 2.04. The number of carbonyl (C=O) groups excluding carboxylic acids is 2. The number of ether oxygens (including phenoxy) is 1. The van der Waals surface area contributed by atoms with Crippen LogP contribution in [0.1, 0.15) is 78.4 Å². The zero-order valence-corrected chi connectivity index (χ0v) is 24.3. The second-order valence-electron chi connectivity index (χ2n) is 11.4. The minimum atomic E-state index is -2.27. The fourth-order valence-electron chi connectivity index (χ4n) is 4.85. The minimum absolute atomic E-state index is 0.0343. The summed E-state index contributed by atoms with van der Waals surface area (Å²) in [5.41, 5.74) is 0.247. The number of benzene rings is 1. The summed E-state index contributed by atoms with van der Waals surface area (Å²) >= 11 is 3.57. The van der Waals surface area contributed by atoms with Gasteiger partial charge in [-0.05, 0) is 62.4 Å². The zero-order valence-electron chi connectivity index (χ0n) is 21.7. The van der Waals surface area contributed by atoms with Gasteiger partial charge in [-0.25, -0.2) is 4.79 Å². The highest BCUT2D eigenvalue weighted by Crippen LogP contribution is 2.45. The Morgan fingerprint density at radius 2 is 1.79 bits per heavy atom. The number of nitrogens with one attached hydrogen (secondary N) is 1. The van der Waals surface area contributed by atoms with Crippen LogP contribution in [0.15, 0.2) is 40.4 Å². The van der Waals surface area contributed by atoms with Gasteiger partial charge in [-0.3, -0.25) is 4.79 Å². The summed E-state index contributed by atoms with van der Waals surface area (Å²) in [6, 6.07) is 7.73. The Kier molecular flexibility index (Phi) is 8.20. The summed E-state index contributed by atoms with van der Waals surface area (Å²) in [4.78, 5) is 26.8. The number of hydrogen-bond acceptors (Lipinski definition) is 4. The fraction of sp³-hybridized carbons (Fsp3) is 0.630. The van der Waals surface area contributed by atoms with E-state index in [9.17, 15) is 9.59 Å². The molecular weight excluding hydrogens is 510 g/mol. The van der Waals surface area contributed by atoms with E-state index in [1.807, 2.05) is 38.1 Å². The summed E-state index contributed by atoms with van der Waals surface area (Å²) in [6.07, 6.45) is 5.97. The molecule has 1 aromatic carbocycles. The van der Waals surface area contributed by atoms with Gasteiger partial charge in [-0.1, -0.05) is 74.2 Å². The van der Waals surface area contributed by atoms with Gasteiger partial charge in [0, 0.05) is 16.1 Å². The summed E-state index contributed by atoms with van der Waals surface area (Å²) in [5, 5.41) is 3.00. The molecule has 7 heteroatoms. The lowest BCUT2D eigenvalue weighted by atomic mass is 9.74. The quantitative estimate of drug-likeness (QED) is 0.298. The summed E-state index contributed by atoms with van der Waals surface area (Å²) in [6.45, 7) is 14.7. The van der Waals surface area contributed by atoms with Crippen LogP contribution in [0.25, 0.3) is 0 Å². The largest absolute Gasteiger partial charge is 0.456 e. The maximum Gasteiger partial charge on any atom is 0.339 e. The molecular formula is C27H40BrNO4Si. The Morgan fingerprint density at radius 3 is 2.32 bits per heavy atom. The predicted molar refractivity (Wildman–Crippen MR) is 142 cm³/mol. The van der Waals surface area contributed by atoms with E-state index < -0.39 is 32.0 Å². The van der Waals surface area contributed by atoms with Crippen LogP contribution in [0.2, 0.25) is 18.1 Å². The van der Waals surface area contributed by atoms with Gasteiger partial charge in [0.05, 0.1) is 6.10 Å². The maximum atomic E-state index is 14.1. The molecule has 5 nitrogen and oxygen atoms in total. The summed E-state index contributed by atoms with van der Waals surface area (Å²) in [7, 11) is -2.27. The molecule has 2 aliphatic rings. The van der Waals surface area contributed by atoms with Crippen molar-refractivity contribution in [1.29, 1.82) is 0 Å². The molecule has 1 amide bonds. The third-order valence-electron chi connectivity index (χ3n) is 7.97. The Labute approximate surface area is 214 Å².